The fraction of sp³-hybridized carbons (Fsp3) is 0.105. The lowest BCUT2D eigenvalue weighted by Gasteiger charge is -2.11. The molecule has 0 unspecified atom stereocenters. The Morgan fingerprint density at radius 1 is 1.00 bits per heavy atom. The van der Waals surface area contributed by atoms with E-state index in [1.54, 1.807) is 12.1 Å². The standard InChI is InChI=1S/C19H16N2O5S/c1-27(23,24)19-10-8-16(12-20-19)26-15-7-9-17(21-22)18(11-15)25-13-14-5-3-2-4-6-14/h2-12H,13H2,1H3. The fourth-order valence-corrected chi connectivity index (χ4v) is 2.83. The quantitative estimate of drug-likeness (QED) is 0.565. The largest absolute Gasteiger partial charge is 0.486 e. The first-order valence-corrected chi connectivity index (χ1v) is 9.83. The Morgan fingerprint density at radius 2 is 1.74 bits per heavy atom. The molecule has 0 radical (unpaired) electrons. The molecule has 0 aliphatic rings. The van der Waals surface area contributed by atoms with E-state index in [4.69, 9.17) is 9.47 Å². The van der Waals surface area contributed by atoms with Crippen molar-refractivity contribution in [2.24, 2.45) is 5.18 Å². The van der Waals surface area contributed by atoms with Crippen molar-refractivity contribution in [2.75, 3.05) is 6.26 Å². The lowest BCUT2D eigenvalue weighted by Crippen LogP contribution is -2.00. The van der Waals surface area contributed by atoms with Crippen LogP contribution < -0.4 is 9.47 Å². The molecule has 0 aliphatic carbocycles. The van der Waals surface area contributed by atoms with E-state index in [1.807, 2.05) is 30.3 Å². The van der Waals surface area contributed by atoms with Gasteiger partial charge in [-0.15, -0.1) is 4.91 Å². The van der Waals surface area contributed by atoms with Gasteiger partial charge in [-0.1, -0.05) is 30.3 Å². The summed E-state index contributed by atoms with van der Waals surface area (Å²) in [7, 11) is -3.38. The maximum Gasteiger partial charge on any atom is 0.192 e. The van der Waals surface area contributed by atoms with Gasteiger partial charge in [0.05, 0.1) is 6.20 Å². The molecule has 0 fully saturated rings. The van der Waals surface area contributed by atoms with Gasteiger partial charge in [0, 0.05) is 12.3 Å². The maximum atomic E-state index is 11.4. The molecule has 2 aromatic carbocycles. The van der Waals surface area contributed by atoms with E-state index in [9.17, 15) is 13.3 Å². The summed E-state index contributed by atoms with van der Waals surface area (Å²) in [6.45, 7) is 0.275. The van der Waals surface area contributed by atoms with E-state index in [-0.39, 0.29) is 23.1 Å². The third kappa shape index (κ3) is 4.89. The molecule has 1 heterocycles. The van der Waals surface area contributed by atoms with Crippen molar-refractivity contribution >= 4 is 15.5 Å². The molecular formula is C19H16N2O5S. The molecule has 0 saturated carbocycles. The topological polar surface area (TPSA) is 94.9 Å². The van der Waals surface area contributed by atoms with Gasteiger partial charge in [-0.25, -0.2) is 13.4 Å². The molecule has 0 amide bonds. The van der Waals surface area contributed by atoms with Gasteiger partial charge in [-0.3, -0.25) is 0 Å². The number of nitrogens with zero attached hydrogens (tertiary/aromatic N) is 2. The van der Waals surface area contributed by atoms with Crippen molar-refractivity contribution < 1.29 is 17.9 Å². The van der Waals surface area contributed by atoms with Crippen molar-refractivity contribution in [3.05, 3.63) is 77.3 Å². The predicted molar refractivity (Wildman–Crippen MR) is 100 cm³/mol. The van der Waals surface area contributed by atoms with Crippen LogP contribution >= 0.6 is 0 Å². The van der Waals surface area contributed by atoms with E-state index < -0.39 is 9.84 Å². The average Bonchev–Trinajstić information content (AvgIpc) is 2.67. The third-order valence-electron chi connectivity index (χ3n) is 3.59. The Labute approximate surface area is 156 Å². The molecule has 0 atom stereocenters. The number of aromatic nitrogens is 1. The number of hydrogen-bond acceptors (Lipinski definition) is 7. The van der Waals surface area contributed by atoms with Gasteiger partial charge in [-0.05, 0) is 35.0 Å². The number of sulfone groups is 1. The number of rotatable bonds is 7. The Balaban J connectivity index is 1.77. The summed E-state index contributed by atoms with van der Waals surface area (Å²) >= 11 is 0. The third-order valence-corrected chi connectivity index (χ3v) is 4.59. The number of ether oxygens (including phenoxy) is 2. The molecule has 0 N–H and O–H groups in total. The summed E-state index contributed by atoms with van der Waals surface area (Å²) in [5, 5.41) is 2.92. The van der Waals surface area contributed by atoms with Gasteiger partial charge >= 0.3 is 0 Å². The monoisotopic (exact) mass is 384 g/mol. The predicted octanol–water partition coefficient (Wildman–Crippen LogP) is 4.25. The van der Waals surface area contributed by atoms with Gasteiger partial charge in [0.25, 0.3) is 0 Å². The number of nitroso groups, excluding NO2 is 1. The van der Waals surface area contributed by atoms with Crippen LogP contribution in [0, 0.1) is 4.91 Å². The van der Waals surface area contributed by atoms with Crippen molar-refractivity contribution in [2.45, 2.75) is 11.6 Å². The van der Waals surface area contributed by atoms with Crippen LogP contribution in [-0.2, 0) is 16.4 Å². The second-order valence-electron chi connectivity index (χ2n) is 5.70. The molecule has 27 heavy (non-hydrogen) atoms. The first-order valence-electron chi connectivity index (χ1n) is 7.94. The zero-order valence-corrected chi connectivity index (χ0v) is 15.2. The molecule has 138 valence electrons. The summed E-state index contributed by atoms with van der Waals surface area (Å²) < 4.78 is 34.2. The smallest absolute Gasteiger partial charge is 0.192 e. The lowest BCUT2D eigenvalue weighted by atomic mass is 10.2. The van der Waals surface area contributed by atoms with Crippen LogP contribution in [0.4, 0.5) is 5.69 Å². The van der Waals surface area contributed by atoms with Crippen LogP contribution in [0.25, 0.3) is 0 Å². The van der Waals surface area contributed by atoms with Crippen LogP contribution in [0.15, 0.2) is 77.1 Å². The summed E-state index contributed by atoms with van der Waals surface area (Å²) in [5.74, 6) is 1.04. The van der Waals surface area contributed by atoms with E-state index >= 15 is 0 Å². The Morgan fingerprint density at radius 3 is 2.37 bits per heavy atom. The Hall–Kier alpha value is -3.26. The zero-order chi connectivity index (χ0) is 19.3. The van der Waals surface area contributed by atoms with Crippen LogP contribution in [-0.4, -0.2) is 19.7 Å². The normalized spacial score (nSPS) is 11.0. The van der Waals surface area contributed by atoms with Crippen molar-refractivity contribution in [1.29, 1.82) is 0 Å². The highest BCUT2D eigenvalue weighted by molar-refractivity contribution is 7.90. The molecule has 3 aromatic rings. The summed E-state index contributed by atoms with van der Waals surface area (Å²) in [4.78, 5) is 14.9. The van der Waals surface area contributed by atoms with E-state index in [0.29, 0.717) is 11.5 Å². The van der Waals surface area contributed by atoms with Crippen LogP contribution in [0.3, 0.4) is 0 Å². The van der Waals surface area contributed by atoms with Crippen LogP contribution in [0.2, 0.25) is 0 Å². The minimum atomic E-state index is -3.38. The summed E-state index contributed by atoms with van der Waals surface area (Å²) in [5.41, 5.74) is 1.10. The lowest BCUT2D eigenvalue weighted by molar-refractivity contribution is 0.306. The number of pyridine rings is 1. The Bertz CT molecular complexity index is 1040. The molecule has 3 rings (SSSR count). The highest BCUT2D eigenvalue weighted by Gasteiger charge is 2.11. The first kappa shape index (κ1) is 18.5. The number of hydrogen-bond donors (Lipinski definition) is 0. The van der Waals surface area contributed by atoms with Crippen molar-refractivity contribution in [3.63, 3.8) is 0 Å². The first-order chi connectivity index (χ1) is 13.0. The average molecular weight is 384 g/mol. The molecule has 0 saturated heterocycles. The zero-order valence-electron chi connectivity index (χ0n) is 14.4. The molecule has 7 nitrogen and oxygen atoms in total. The van der Waals surface area contributed by atoms with E-state index in [0.717, 1.165) is 11.8 Å². The van der Waals surface area contributed by atoms with Crippen LogP contribution in [0.5, 0.6) is 17.2 Å². The summed E-state index contributed by atoms with van der Waals surface area (Å²) in [6.07, 6.45) is 2.39. The van der Waals surface area contributed by atoms with E-state index in [1.165, 1.54) is 24.4 Å². The molecular weight excluding hydrogens is 368 g/mol. The molecule has 1 aromatic heterocycles. The van der Waals surface area contributed by atoms with E-state index in [2.05, 4.69) is 10.2 Å². The molecule has 0 aliphatic heterocycles. The molecule has 0 spiro atoms. The maximum absolute atomic E-state index is 11.4. The van der Waals surface area contributed by atoms with Gasteiger partial charge in [0.2, 0.25) is 0 Å². The Kier molecular flexibility index (Phi) is 5.46. The van der Waals surface area contributed by atoms with Gasteiger partial charge < -0.3 is 9.47 Å². The minimum absolute atomic E-state index is 0.0396. The highest BCUT2D eigenvalue weighted by atomic mass is 32.2. The second kappa shape index (κ2) is 7.96. The van der Waals surface area contributed by atoms with Crippen LogP contribution in [0.1, 0.15) is 5.56 Å². The van der Waals surface area contributed by atoms with Gasteiger partial charge in [-0.2, -0.15) is 0 Å². The molecule has 0 bridgehead atoms. The summed E-state index contributed by atoms with van der Waals surface area (Å²) in [6, 6.07) is 17.0. The molecule has 8 heteroatoms. The highest BCUT2D eigenvalue weighted by Crippen LogP contribution is 2.34. The van der Waals surface area contributed by atoms with Crippen molar-refractivity contribution in [3.8, 4) is 17.2 Å². The van der Waals surface area contributed by atoms with Gasteiger partial charge in [0.1, 0.15) is 23.8 Å². The SMILES string of the molecule is CS(=O)(=O)c1ccc(Oc2ccc(N=O)c(OCc3ccccc3)c2)cn1. The minimum Gasteiger partial charge on any atom is -0.486 e. The fourth-order valence-electron chi connectivity index (χ4n) is 2.27. The van der Waals surface area contributed by atoms with Gasteiger partial charge in [0.15, 0.2) is 20.6 Å². The second-order valence-corrected chi connectivity index (χ2v) is 7.66. The van der Waals surface area contributed by atoms with Crippen molar-refractivity contribution in [1.82, 2.24) is 4.98 Å². The number of benzene rings is 2.